The summed E-state index contributed by atoms with van der Waals surface area (Å²) in [4.78, 5) is 22.7. The van der Waals surface area contributed by atoms with Crippen LogP contribution in [0.25, 0.3) is 0 Å². The van der Waals surface area contributed by atoms with Gasteiger partial charge in [0, 0.05) is 17.7 Å². The van der Waals surface area contributed by atoms with Crippen LogP contribution < -0.4 is 15.4 Å². The van der Waals surface area contributed by atoms with E-state index in [1.54, 1.807) is 35.4 Å². The van der Waals surface area contributed by atoms with Crippen molar-refractivity contribution in [2.75, 3.05) is 10.7 Å². The lowest BCUT2D eigenvalue weighted by molar-refractivity contribution is -0.274. The summed E-state index contributed by atoms with van der Waals surface area (Å²) in [6, 6.07) is 20.0. The van der Waals surface area contributed by atoms with Crippen molar-refractivity contribution < 1.29 is 22.7 Å². The lowest BCUT2D eigenvalue weighted by Gasteiger charge is -2.32. The number of ether oxygens (including phenoxy) is 1. The predicted molar refractivity (Wildman–Crippen MR) is 163 cm³/mol. The third kappa shape index (κ3) is 8.29. The first kappa shape index (κ1) is 30.5. The Labute approximate surface area is 245 Å². The van der Waals surface area contributed by atoms with E-state index in [0.717, 1.165) is 28.9 Å². The van der Waals surface area contributed by atoms with Crippen LogP contribution in [0, 0.1) is 0 Å². The van der Waals surface area contributed by atoms with Gasteiger partial charge in [-0.1, -0.05) is 75.0 Å². The van der Waals surface area contributed by atoms with Gasteiger partial charge in [-0.05, 0) is 46.9 Å². The Morgan fingerprint density at radius 3 is 2.36 bits per heavy atom. The van der Waals surface area contributed by atoms with Crippen LogP contribution in [0.1, 0.15) is 43.9 Å². The van der Waals surface area contributed by atoms with Crippen molar-refractivity contribution in [1.29, 1.82) is 0 Å². The number of amidine groups is 2. The lowest BCUT2D eigenvalue weighted by Crippen LogP contribution is -2.40. The molecule has 2 N–H and O–H groups in total. The van der Waals surface area contributed by atoms with Gasteiger partial charge in [0.2, 0.25) is 5.91 Å². The minimum atomic E-state index is -4.76. The number of hydrogen-bond acceptors (Lipinski definition) is 6. The van der Waals surface area contributed by atoms with Gasteiger partial charge in [0.1, 0.15) is 17.9 Å². The van der Waals surface area contributed by atoms with Crippen molar-refractivity contribution >= 4 is 52.6 Å². The van der Waals surface area contributed by atoms with Crippen LogP contribution in [0.2, 0.25) is 0 Å². The van der Waals surface area contributed by atoms with E-state index in [1.807, 2.05) is 24.3 Å². The second-order valence-corrected chi connectivity index (χ2v) is 11.2. The molecule has 1 amide bonds. The molecule has 0 bridgehead atoms. The Morgan fingerprint density at radius 1 is 1.00 bits per heavy atom. The summed E-state index contributed by atoms with van der Waals surface area (Å²) in [6.07, 6.45) is -1.53. The van der Waals surface area contributed by atoms with Gasteiger partial charge in [0.05, 0.1) is 17.6 Å². The van der Waals surface area contributed by atoms with E-state index in [0.29, 0.717) is 28.6 Å². The lowest BCUT2D eigenvalue weighted by atomic mass is 9.85. The van der Waals surface area contributed by atoms with Crippen LogP contribution in [0.5, 0.6) is 5.75 Å². The van der Waals surface area contributed by atoms with E-state index in [2.05, 4.69) is 45.7 Å². The van der Waals surface area contributed by atoms with Crippen molar-refractivity contribution in [3.05, 3.63) is 89.5 Å². The van der Waals surface area contributed by atoms with Crippen LogP contribution in [-0.2, 0) is 10.2 Å². The molecule has 0 aromatic heterocycles. The SMILES string of the molecule is CC(C)(C)c1ccccc1N1C(=O)CCS/C1=N\N=C\c1ccc(C(N)=NC=Nc2ccc(OC(F)(F)F)cc2)cc1. The van der Waals surface area contributed by atoms with Gasteiger partial charge in [-0.15, -0.1) is 18.3 Å². The molecule has 4 rings (SSSR count). The second-order valence-electron chi connectivity index (χ2n) is 10.1. The van der Waals surface area contributed by atoms with Crippen molar-refractivity contribution in [3.8, 4) is 5.75 Å². The smallest absolute Gasteiger partial charge is 0.406 e. The number of benzene rings is 3. The van der Waals surface area contributed by atoms with Crippen LogP contribution in [0.3, 0.4) is 0 Å². The fraction of sp³-hybridized carbons (Fsp3) is 0.233. The number of nitrogens with two attached hydrogens (primary N) is 1. The third-order valence-electron chi connectivity index (χ3n) is 5.97. The Bertz CT molecular complexity index is 1530. The highest BCUT2D eigenvalue weighted by molar-refractivity contribution is 8.14. The number of thioether (sulfide) groups is 1. The molecule has 0 atom stereocenters. The zero-order valence-electron chi connectivity index (χ0n) is 23.2. The number of halogens is 3. The summed E-state index contributed by atoms with van der Waals surface area (Å²) >= 11 is 1.48. The highest BCUT2D eigenvalue weighted by Gasteiger charge is 2.32. The Hall–Kier alpha value is -4.45. The first-order valence-electron chi connectivity index (χ1n) is 12.9. The molecule has 12 heteroatoms. The number of anilines is 1. The van der Waals surface area contributed by atoms with Gasteiger partial charge in [0.25, 0.3) is 0 Å². The molecule has 1 aliphatic heterocycles. The van der Waals surface area contributed by atoms with Crippen molar-refractivity contribution in [2.24, 2.45) is 25.9 Å². The molecular weight excluding hydrogens is 565 g/mol. The number of carbonyl (C=O) groups excluding carboxylic acids is 1. The number of aliphatic imine (C=N–C) groups is 2. The maximum atomic E-state index is 12.9. The van der Waals surface area contributed by atoms with Gasteiger partial charge in [-0.25, -0.2) is 9.98 Å². The Morgan fingerprint density at radius 2 is 1.69 bits per heavy atom. The standard InChI is InChI=1S/C30H29F3N6O2S/c1-29(2,3)24-6-4-5-7-25(24)39-26(40)16-17-42-28(39)38-37-18-20-8-10-21(11-9-20)27(34)36-19-35-22-12-14-23(15-13-22)41-30(31,32)33/h4-15,18-19H,16-17H2,1-3H3,(H2,34,35,36)/b37-18+,38-28-. The van der Waals surface area contributed by atoms with Gasteiger partial charge >= 0.3 is 6.36 Å². The van der Waals surface area contributed by atoms with Crippen molar-refractivity contribution in [2.45, 2.75) is 39.0 Å². The molecule has 8 nitrogen and oxygen atoms in total. The average molecular weight is 595 g/mol. The first-order valence-corrected chi connectivity index (χ1v) is 13.9. The molecule has 1 aliphatic rings. The largest absolute Gasteiger partial charge is 0.573 e. The van der Waals surface area contributed by atoms with Crippen LogP contribution in [0.4, 0.5) is 24.5 Å². The molecule has 0 saturated carbocycles. The number of hydrogen-bond donors (Lipinski definition) is 1. The van der Waals surface area contributed by atoms with Gasteiger partial charge in [0.15, 0.2) is 5.17 Å². The summed E-state index contributed by atoms with van der Waals surface area (Å²) in [5.74, 6) is 0.475. The van der Waals surface area contributed by atoms with E-state index in [1.165, 1.54) is 30.2 Å². The summed E-state index contributed by atoms with van der Waals surface area (Å²) in [5, 5.41) is 9.15. The highest BCUT2D eigenvalue weighted by Crippen LogP contribution is 2.35. The molecular formula is C30H29F3N6O2S. The molecule has 218 valence electrons. The summed E-state index contributed by atoms with van der Waals surface area (Å²) in [5.41, 5.74) is 9.52. The normalized spacial score (nSPS) is 16.1. The van der Waals surface area contributed by atoms with E-state index in [-0.39, 0.29) is 22.9 Å². The molecule has 42 heavy (non-hydrogen) atoms. The van der Waals surface area contributed by atoms with Gasteiger partial charge in [-0.3, -0.25) is 9.69 Å². The molecule has 0 radical (unpaired) electrons. The minimum absolute atomic E-state index is 0.0189. The molecule has 1 heterocycles. The summed E-state index contributed by atoms with van der Waals surface area (Å²) < 4.78 is 40.7. The molecule has 0 aliphatic carbocycles. The molecule has 1 saturated heterocycles. The fourth-order valence-electron chi connectivity index (χ4n) is 3.98. The number of amides is 1. The maximum Gasteiger partial charge on any atom is 0.573 e. The van der Waals surface area contributed by atoms with Crippen molar-refractivity contribution in [1.82, 2.24) is 0 Å². The highest BCUT2D eigenvalue weighted by atomic mass is 32.2. The molecule has 1 fully saturated rings. The topological polar surface area (TPSA) is 105 Å². The second kappa shape index (κ2) is 13.0. The monoisotopic (exact) mass is 594 g/mol. The van der Waals surface area contributed by atoms with Crippen LogP contribution >= 0.6 is 11.8 Å². The quantitative estimate of drug-likeness (QED) is 0.184. The fourth-order valence-corrected chi connectivity index (χ4v) is 4.87. The van der Waals surface area contributed by atoms with E-state index < -0.39 is 6.36 Å². The summed E-state index contributed by atoms with van der Waals surface area (Å²) in [6.45, 7) is 6.32. The van der Waals surface area contributed by atoms with E-state index in [9.17, 15) is 18.0 Å². The zero-order valence-corrected chi connectivity index (χ0v) is 24.0. The number of rotatable bonds is 7. The van der Waals surface area contributed by atoms with Crippen LogP contribution in [0.15, 0.2) is 93.0 Å². The Kier molecular flexibility index (Phi) is 9.46. The molecule has 3 aromatic carbocycles. The van der Waals surface area contributed by atoms with Crippen LogP contribution in [-0.4, -0.2) is 41.6 Å². The zero-order chi connectivity index (χ0) is 30.3. The number of para-hydroxylation sites is 1. The van der Waals surface area contributed by atoms with Gasteiger partial charge < -0.3 is 10.5 Å². The summed E-state index contributed by atoms with van der Waals surface area (Å²) in [7, 11) is 0. The minimum Gasteiger partial charge on any atom is -0.406 e. The molecule has 0 spiro atoms. The molecule has 0 unspecified atom stereocenters. The number of carbonyl (C=O) groups is 1. The number of nitrogens with zero attached hydrogens (tertiary/aromatic N) is 5. The first-order chi connectivity index (χ1) is 19.9. The molecule has 3 aromatic rings. The van der Waals surface area contributed by atoms with E-state index >= 15 is 0 Å². The van der Waals surface area contributed by atoms with E-state index in [4.69, 9.17) is 5.73 Å². The average Bonchev–Trinajstić information content (AvgIpc) is 2.93. The van der Waals surface area contributed by atoms with Crippen molar-refractivity contribution in [3.63, 3.8) is 0 Å². The third-order valence-corrected chi connectivity index (χ3v) is 6.90. The Balaban J connectivity index is 1.43. The predicted octanol–water partition coefficient (Wildman–Crippen LogP) is 6.81. The maximum absolute atomic E-state index is 12.9. The van der Waals surface area contributed by atoms with Gasteiger partial charge in [-0.2, -0.15) is 5.10 Å². The number of alkyl halides is 3.